The van der Waals surface area contributed by atoms with Gasteiger partial charge in [0.15, 0.2) is 0 Å². The predicted molar refractivity (Wildman–Crippen MR) is 83.5 cm³/mol. The molecular weight excluding hydrogens is 270 g/mol. The van der Waals surface area contributed by atoms with Crippen molar-refractivity contribution in [2.45, 2.75) is 11.4 Å². The summed E-state index contributed by atoms with van der Waals surface area (Å²) in [5.41, 5.74) is 6.71. The highest BCUT2D eigenvalue weighted by atomic mass is 32.2. The second kappa shape index (κ2) is 7.82. The SMILES string of the molecule is COc1ccc(CN)c(OCCSc2ccccc2)c1. The van der Waals surface area contributed by atoms with Gasteiger partial charge in [-0.25, -0.2) is 0 Å². The Hall–Kier alpha value is -1.65. The fourth-order valence-corrected chi connectivity index (χ4v) is 2.54. The van der Waals surface area contributed by atoms with Crippen LogP contribution in [0.2, 0.25) is 0 Å². The molecule has 3 nitrogen and oxygen atoms in total. The van der Waals surface area contributed by atoms with Crippen molar-refractivity contribution < 1.29 is 9.47 Å². The molecule has 0 fully saturated rings. The van der Waals surface area contributed by atoms with Crippen molar-refractivity contribution in [2.75, 3.05) is 19.5 Å². The monoisotopic (exact) mass is 289 g/mol. The van der Waals surface area contributed by atoms with Crippen molar-refractivity contribution in [3.8, 4) is 11.5 Å². The average Bonchev–Trinajstić information content (AvgIpc) is 2.52. The van der Waals surface area contributed by atoms with Crippen molar-refractivity contribution >= 4 is 11.8 Å². The first kappa shape index (κ1) is 14.8. The summed E-state index contributed by atoms with van der Waals surface area (Å²) in [4.78, 5) is 1.25. The van der Waals surface area contributed by atoms with Gasteiger partial charge in [-0.2, -0.15) is 0 Å². The van der Waals surface area contributed by atoms with Crippen LogP contribution in [0.3, 0.4) is 0 Å². The molecule has 0 aliphatic heterocycles. The Kier molecular flexibility index (Phi) is 5.77. The van der Waals surface area contributed by atoms with Crippen molar-refractivity contribution in [2.24, 2.45) is 5.73 Å². The van der Waals surface area contributed by atoms with Gasteiger partial charge >= 0.3 is 0 Å². The predicted octanol–water partition coefficient (Wildman–Crippen LogP) is 3.33. The van der Waals surface area contributed by atoms with E-state index in [1.807, 2.05) is 36.4 Å². The zero-order valence-electron chi connectivity index (χ0n) is 11.5. The maximum atomic E-state index is 5.81. The Morgan fingerprint density at radius 1 is 1.10 bits per heavy atom. The molecule has 0 saturated carbocycles. The van der Waals surface area contributed by atoms with E-state index in [0.717, 1.165) is 22.8 Å². The Morgan fingerprint density at radius 3 is 2.60 bits per heavy atom. The zero-order valence-corrected chi connectivity index (χ0v) is 12.4. The van der Waals surface area contributed by atoms with Crippen LogP contribution in [0.5, 0.6) is 11.5 Å². The molecule has 106 valence electrons. The Morgan fingerprint density at radius 2 is 1.90 bits per heavy atom. The maximum absolute atomic E-state index is 5.81. The molecule has 2 N–H and O–H groups in total. The third kappa shape index (κ3) is 4.18. The van der Waals surface area contributed by atoms with E-state index in [4.69, 9.17) is 15.2 Å². The van der Waals surface area contributed by atoms with Crippen molar-refractivity contribution in [1.29, 1.82) is 0 Å². The molecule has 20 heavy (non-hydrogen) atoms. The molecule has 2 aromatic rings. The van der Waals surface area contributed by atoms with Crippen molar-refractivity contribution in [3.63, 3.8) is 0 Å². The summed E-state index contributed by atoms with van der Waals surface area (Å²) >= 11 is 1.78. The van der Waals surface area contributed by atoms with Gasteiger partial charge in [-0.3, -0.25) is 0 Å². The second-order valence-corrected chi connectivity index (χ2v) is 5.36. The van der Waals surface area contributed by atoms with Crippen LogP contribution in [0.25, 0.3) is 0 Å². The van der Waals surface area contributed by atoms with E-state index in [-0.39, 0.29) is 0 Å². The molecule has 0 atom stereocenters. The van der Waals surface area contributed by atoms with E-state index < -0.39 is 0 Å². The van der Waals surface area contributed by atoms with Crippen LogP contribution < -0.4 is 15.2 Å². The summed E-state index contributed by atoms with van der Waals surface area (Å²) in [6.45, 7) is 1.10. The molecule has 0 aliphatic rings. The summed E-state index contributed by atoms with van der Waals surface area (Å²) < 4.78 is 11.0. The average molecular weight is 289 g/mol. The summed E-state index contributed by atoms with van der Waals surface area (Å²) in [5.74, 6) is 2.49. The molecule has 0 aromatic heterocycles. The lowest BCUT2D eigenvalue weighted by Crippen LogP contribution is -2.05. The quantitative estimate of drug-likeness (QED) is 0.627. The van der Waals surface area contributed by atoms with Gasteiger partial charge in [0, 0.05) is 28.8 Å². The maximum Gasteiger partial charge on any atom is 0.127 e. The fourth-order valence-electron chi connectivity index (χ4n) is 1.79. The molecule has 0 saturated heterocycles. The number of thioether (sulfide) groups is 1. The summed E-state index contributed by atoms with van der Waals surface area (Å²) in [5, 5.41) is 0. The standard InChI is InChI=1S/C16H19NO2S/c1-18-14-8-7-13(12-17)16(11-14)19-9-10-20-15-5-3-2-4-6-15/h2-8,11H,9-10,12,17H2,1H3. The number of ether oxygens (including phenoxy) is 2. The molecule has 4 heteroatoms. The third-order valence-corrected chi connectivity index (χ3v) is 3.82. The van der Waals surface area contributed by atoms with Gasteiger partial charge in [0.1, 0.15) is 11.5 Å². The van der Waals surface area contributed by atoms with Crippen LogP contribution in [0.4, 0.5) is 0 Å². The van der Waals surface area contributed by atoms with Gasteiger partial charge in [-0.1, -0.05) is 24.3 Å². The van der Waals surface area contributed by atoms with Crippen LogP contribution in [0, 0.1) is 0 Å². The molecule has 0 unspecified atom stereocenters. The highest BCUT2D eigenvalue weighted by Crippen LogP contribution is 2.25. The number of benzene rings is 2. The molecule has 2 aromatic carbocycles. The molecule has 0 aliphatic carbocycles. The molecule has 0 heterocycles. The highest BCUT2D eigenvalue weighted by Gasteiger charge is 2.04. The molecule has 0 amide bonds. The van der Waals surface area contributed by atoms with Gasteiger partial charge in [0.2, 0.25) is 0 Å². The van der Waals surface area contributed by atoms with E-state index in [9.17, 15) is 0 Å². The molecule has 0 bridgehead atoms. The normalized spacial score (nSPS) is 10.3. The van der Waals surface area contributed by atoms with E-state index in [1.54, 1.807) is 18.9 Å². The van der Waals surface area contributed by atoms with Gasteiger partial charge in [-0.15, -0.1) is 11.8 Å². The Labute approximate surface area is 124 Å². The highest BCUT2D eigenvalue weighted by molar-refractivity contribution is 7.99. The van der Waals surface area contributed by atoms with E-state index >= 15 is 0 Å². The Bertz CT molecular complexity index is 531. The Balaban J connectivity index is 1.87. The van der Waals surface area contributed by atoms with Crippen molar-refractivity contribution in [3.05, 3.63) is 54.1 Å². The lowest BCUT2D eigenvalue weighted by atomic mass is 10.2. The van der Waals surface area contributed by atoms with Crippen molar-refractivity contribution in [1.82, 2.24) is 0 Å². The van der Waals surface area contributed by atoms with E-state index in [0.29, 0.717) is 13.2 Å². The van der Waals surface area contributed by atoms with Gasteiger partial charge in [0.05, 0.1) is 13.7 Å². The lowest BCUT2D eigenvalue weighted by Gasteiger charge is -2.11. The minimum Gasteiger partial charge on any atom is -0.497 e. The minimum atomic E-state index is 0.463. The van der Waals surface area contributed by atoms with Crippen LogP contribution in [-0.4, -0.2) is 19.5 Å². The lowest BCUT2D eigenvalue weighted by molar-refractivity contribution is 0.336. The summed E-state index contributed by atoms with van der Waals surface area (Å²) in [6.07, 6.45) is 0. The first-order chi connectivity index (χ1) is 9.83. The van der Waals surface area contributed by atoms with Gasteiger partial charge < -0.3 is 15.2 Å². The summed E-state index contributed by atoms with van der Waals surface area (Å²) in [6, 6.07) is 16.0. The zero-order chi connectivity index (χ0) is 14.2. The van der Waals surface area contributed by atoms with E-state index in [1.165, 1.54) is 4.90 Å². The largest absolute Gasteiger partial charge is 0.497 e. The number of hydrogen-bond acceptors (Lipinski definition) is 4. The minimum absolute atomic E-state index is 0.463. The van der Waals surface area contributed by atoms with Gasteiger partial charge in [-0.05, 0) is 18.2 Å². The van der Waals surface area contributed by atoms with Crippen LogP contribution >= 0.6 is 11.8 Å². The van der Waals surface area contributed by atoms with E-state index in [2.05, 4.69) is 12.1 Å². The topological polar surface area (TPSA) is 44.5 Å². The fraction of sp³-hybridized carbons (Fsp3) is 0.250. The molecule has 0 radical (unpaired) electrons. The number of nitrogens with two attached hydrogens (primary N) is 1. The number of methoxy groups -OCH3 is 1. The second-order valence-electron chi connectivity index (χ2n) is 4.19. The summed E-state index contributed by atoms with van der Waals surface area (Å²) in [7, 11) is 1.65. The third-order valence-electron chi connectivity index (χ3n) is 2.85. The number of hydrogen-bond donors (Lipinski definition) is 1. The smallest absolute Gasteiger partial charge is 0.127 e. The number of rotatable bonds is 7. The molecule has 0 spiro atoms. The first-order valence-electron chi connectivity index (χ1n) is 6.51. The molecular formula is C16H19NO2S. The van der Waals surface area contributed by atoms with Crippen LogP contribution in [0.15, 0.2) is 53.4 Å². The molecule has 2 rings (SSSR count). The van der Waals surface area contributed by atoms with Crippen LogP contribution in [0.1, 0.15) is 5.56 Å². The van der Waals surface area contributed by atoms with Crippen LogP contribution in [-0.2, 0) is 6.54 Å². The first-order valence-corrected chi connectivity index (χ1v) is 7.49. The van der Waals surface area contributed by atoms with Gasteiger partial charge in [0.25, 0.3) is 0 Å².